The number of nitrogens with zero attached hydrogens (tertiary/aromatic N) is 2. The van der Waals surface area contributed by atoms with E-state index in [1.807, 2.05) is 27.9 Å². The molecule has 0 saturated carbocycles. The van der Waals surface area contributed by atoms with E-state index in [1.165, 1.54) is 9.47 Å². The van der Waals surface area contributed by atoms with Crippen molar-refractivity contribution in [2.45, 2.75) is 20.4 Å². The zero-order chi connectivity index (χ0) is 19.9. The Bertz CT molecular complexity index is 713. The van der Waals surface area contributed by atoms with Gasteiger partial charge in [-0.2, -0.15) is 0 Å². The summed E-state index contributed by atoms with van der Waals surface area (Å²) in [6.07, 6.45) is 0. The van der Waals surface area contributed by atoms with E-state index in [2.05, 4.69) is 10.3 Å². The van der Waals surface area contributed by atoms with Gasteiger partial charge in [0.15, 0.2) is 10.8 Å². The van der Waals surface area contributed by atoms with Crippen LogP contribution in [-0.4, -0.2) is 62.1 Å². The molecule has 1 rings (SSSR count). The van der Waals surface area contributed by atoms with Crippen molar-refractivity contribution in [3.63, 3.8) is 0 Å². The zero-order valence-electron chi connectivity index (χ0n) is 16.2. The SMILES string of the molecule is COCCN(C(=S)NCC[NH+](C)C)c1c(N)n(CC(C)C)c(=O)[nH]c1=O. The van der Waals surface area contributed by atoms with Gasteiger partial charge in [-0.05, 0) is 18.1 Å². The molecule has 0 spiro atoms. The van der Waals surface area contributed by atoms with Gasteiger partial charge in [-0.3, -0.25) is 14.3 Å². The molecule has 0 bridgehead atoms. The fraction of sp³-hybridized carbons (Fsp3) is 0.688. The second-order valence-corrected chi connectivity index (χ2v) is 7.22. The maximum absolute atomic E-state index is 12.5. The van der Waals surface area contributed by atoms with Crippen molar-refractivity contribution in [3.8, 4) is 0 Å². The van der Waals surface area contributed by atoms with E-state index in [9.17, 15) is 9.59 Å². The van der Waals surface area contributed by atoms with Crippen LogP contribution in [0.3, 0.4) is 0 Å². The summed E-state index contributed by atoms with van der Waals surface area (Å²) in [5.74, 6) is 0.292. The molecule has 0 saturated heterocycles. The molecule has 0 aliphatic heterocycles. The van der Waals surface area contributed by atoms with Gasteiger partial charge in [0.25, 0.3) is 5.56 Å². The molecule has 148 valence electrons. The molecule has 0 amide bonds. The molecule has 5 N–H and O–H groups in total. The lowest BCUT2D eigenvalue weighted by Crippen LogP contribution is -3.06. The molecule has 10 heteroatoms. The van der Waals surface area contributed by atoms with Crippen LogP contribution >= 0.6 is 12.2 Å². The number of thiocarbonyl (C=S) groups is 1. The summed E-state index contributed by atoms with van der Waals surface area (Å²) in [5.41, 5.74) is 5.27. The van der Waals surface area contributed by atoms with Gasteiger partial charge in [-0.15, -0.1) is 0 Å². The van der Waals surface area contributed by atoms with Crippen LogP contribution in [0.2, 0.25) is 0 Å². The van der Waals surface area contributed by atoms with Crippen LogP contribution in [0.25, 0.3) is 0 Å². The normalized spacial score (nSPS) is 11.2. The summed E-state index contributed by atoms with van der Waals surface area (Å²) in [6.45, 7) is 6.53. The van der Waals surface area contributed by atoms with Gasteiger partial charge >= 0.3 is 5.69 Å². The Morgan fingerprint density at radius 1 is 1.42 bits per heavy atom. The van der Waals surface area contributed by atoms with Crippen molar-refractivity contribution < 1.29 is 9.64 Å². The van der Waals surface area contributed by atoms with Crippen molar-refractivity contribution in [1.82, 2.24) is 14.9 Å². The predicted molar refractivity (Wildman–Crippen MR) is 108 cm³/mol. The first kappa shape index (κ1) is 22.1. The van der Waals surface area contributed by atoms with E-state index in [1.54, 1.807) is 12.0 Å². The third kappa shape index (κ3) is 6.11. The van der Waals surface area contributed by atoms with Gasteiger partial charge in [0, 0.05) is 20.2 Å². The number of nitrogens with two attached hydrogens (primary N) is 1. The highest BCUT2D eigenvalue weighted by Gasteiger charge is 2.22. The topological polar surface area (TPSA) is 110 Å². The average Bonchev–Trinajstić information content (AvgIpc) is 2.53. The van der Waals surface area contributed by atoms with Crippen LogP contribution in [0.4, 0.5) is 11.5 Å². The maximum Gasteiger partial charge on any atom is 0.330 e. The van der Waals surface area contributed by atoms with Crippen molar-refractivity contribution in [1.29, 1.82) is 0 Å². The highest BCUT2D eigenvalue weighted by molar-refractivity contribution is 7.80. The van der Waals surface area contributed by atoms with Crippen molar-refractivity contribution >= 4 is 28.8 Å². The number of nitrogens with one attached hydrogen (secondary N) is 3. The maximum atomic E-state index is 12.5. The monoisotopic (exact) mass is 387 g/mol. The summed E-state index contributed by atoms with van der Waals surface area (Å²) in [7, 11) is 5.65. The van der Waals surface area contributed by atoms with Crippen molar-refractivity contribution in [2.24, 2.45) is 5.92 Å². The number of hydrogen-bond donors (Lipinski definition) is 4. The van der Waals surface area contributed by atoms with Crippen molar-refractivity contribution in [2.75, 3.05) is 58.1 Å². The summed E-state index contributed by atoms with van der Waals surface area (Å²) < 4.78 is 6.50. The number of anilines is 2. The Balaban J connectivity index is 3.26. The summed E-state index contributed by atoms with van der Waals surface area (Å²) >= 11 is 5.46. The molecular weight excluding hydrogens is 356 g/mol. The number of likely N-dealkylation sites (N-methyl/N-ethyl adjacent to an activating group) is 1. The second kappa shape index (κ2) is 10.3. The highest BCUT2D eigenvalue weighted by atomic mass is 32.1. The van der Waals surface area contributed by atoms with E-state index in [0.717, 1.165) is 6.54 Å². The number of aromatic amines is 1. The fourth-order valence-electron chi connectivity index (χ4n) is 2.40. The number of rotatable bonds is 9. The highest BCUT2D eigenvalue weighted by Crippen LogP contribution is 2.17. The fourth-order valence-corrected chi connectivity index (χ4v) is 2.68. The Kier molecular flexibility index (Phi) is 8.76. The van der Waals surface area contributed by atoms with E-state index in [4.69, 9.17) is 22.7 Å². The van der Waals surface area contributed by atoms with Gasteiger partial charge in [-0.25, -0.2) is 4.79 Å². The summed E-state index contributed by atoms with van der Waals surface area (Å²) in [6, 6.07) is 0. The smallest absolute Gasteiger partial charge is 0.330 e. The lowest BCUT2D eigenvalue weighted by Gasteiger charge is -2.27. The zero-order valence-corrected chi connectivity index (χ0v) is 17.0. The minimum atomic E-state index is -0.564. The van der Waals surface area contributed by atoms with E-state index < -0.39 is 11.2 Å². The number of methoxy groups -OCH3 is 1. The minimum Gasteiger partial charge on any atom is -0.383 e. The van der Waals surface area contributed by atoms with E-state index in [0.29, 0.717) is 31.4 Å². The predicted octanol–water partition coefficient (Wildman–Crippen LogP) is -1.75. The second-order valence-electron chi connectivity index (χ2n) is 6.83. The summed E-state index contributed by atoms with van der Waals surface area (Å²) in [5, 5.41) is 3.51. The van der Waals surface area contributed by atoms with Gasteiger partial charge < -0.3 is 25.6 Å². The molecule has 0 radical (unpaired) electrons. The van der Waals surface area contributed by atoms with E-state index in [-0.39, 0.29) is 17.4 Å². The quantitative estimate of drug-likeness (QED) is 0.372. The molecule has 0 fully saturated rings. The number of ether oxygens (including phenoxy) is 1. The van der Waals surface area contributed by atoms with Crippen LogP contribution in [-0.2, 0) is 11.3 Å². The molecule has 0 aliphatic rings. The van der Waals surface area contributed by atoms with Crippen LogP contribution in [0.5, 0.6) is 0 Å². The van der Waals surface area contributed by atoms with Crippen LogP contribution in [0.1, 0.15) is 13.8 Å². The Morgan fingerprint density at radius 3 is 2.62 bits per heavy atom. The standard InChI is InChI=1S/C16H30N6O3S/c1-11(2)10-22-13(17)12(14(23)19-15(22)24)21(8-9-25-5)16(26)18-6-7-20(3)4/h11H,6-10,17H2,1-5H3,(H,18,26)(H,19,23,24)/p+1. The first-order chi connectivity index (χ1) is 12.2. The number of aromatic nitrogens is 2. The molecule has 0 aliphatic carbocycles. The van der Waals surface area contributed by atoms with Gasteiger partial charge in [0.2, 0.25) is 0 Å². The third-order valence-corrected chi connectivity index (χ3v) is 4.06. The lowest BCUT2D eigenvalue weighted by atomic mass is 10.2. The Labute approximate surface area is 159 Å². The first-order valence-corrected chi connectivity index (χ1v) is 9.05. The molecule has 9 nitrogen and oxygen atoms in total. The van der Waals surface area contributed by atoms with E-state index >= 15 is 0 Å². The lowest BCUT2D eigenvalue weighted by molar-refractivity contribution is -0.856. The molecule has 1 aromatic rings. The van der Waals surface area contributed by atoms with Crippen LogP contribution < -0.4 is 32.1 Å². The molecule has 0 aromatic carbocycles. The van der Waals surface area contributed by atoms with Gasteiger partial charge in [0.05, 0.1) is 33.8 Å². The molecule has 0 atom stereocenters. The Morgan fingerprint density at radius 2 is 2.08 bits per heavy atom. The number of hydrogen-bond acceptors (Lipinski definition) is 5. The van der Waals surface area contributed by atoms with Crippen LogP contribution in [0, 0.1) is 5.92 Å². The molecule has 0 unspecified atom stereocenters. The third-order valence-electron chi connectivity index (χ3n) is 3.70. The molecular formula is C16H31N6O3S+. The largest absolute Gasteiger partial charge is 0.383 e. The van der Waals surface area contributed by atoms with Crippen molar-refractivity contribution in [3.05, 3.63) is 20.8 Å². The van der Waals surface area contributed by atoms with Gasteiger partial charge in [-0.1, -0.05) is 13.8 Å². The summed E-state index contributed by atoms with van der Waals surface area (Å²) in [4.78, 5) is 29.8. The molecule has 1 aromatic heterocycles. The minimum absolute atomic E-state index is 0.103. The average molecular weight is 388 g/mol. The van der Waals surface area contributed by atoms with Crippen LogP contribution in [0.15, 0.2) is 9.59 Å². The first-order valence-electron chi connectivity index (χ1n) is 8.64. The number of H-pyrrole nitrogens is 1. The Hall–Kier alpha value is -1.91. The van der Waals surface area contributed by atoms with Gasteiger partial charge in [0.1, 0.15) is 5.82 Å². The number of nitrogen functional groups attached to an aromatic ring is 1. The molecule has 26 heavy (non-hydrogen) atoms. The molecule has 1 heterocycles. The number of quaternary nitrogens is 1.